The molecule has 0 bridgehead atoms. The van der Waals surface area contributed by atoms with Crippen molar-refractivity contribution in [3.8, 4) is 0 Å². The lowest BCUT2D eigenvalue weighted by molar-refractivity contribution is 0.0949. The van der Waals surface area contributed by atoms with Gasteiger partial charge in [-0.15, -0.1) is 0 Å². The summed E-state index contributed by atoms with van der Waals surface area (Å²) in [4.78, 5) is 20.6. The van der Waals surface area contributed by atoms with E-state index >= 15 is 0 Å². The third kappa shape index (κ3) is 4.89. The molecule has 26 heavy (non-hydrogen) atoms. The van der Waals surface area contributed by atoms with Crippen molar-refractivity contribution in [1.29, 1.82) is 0 Å². The molecule has 0 spiro atoms. The highest BCUT2D eigenvalue weighted by Crippen LogP contribution is 2.15. The summed E-state index contributed by atoms with van der Waals surface area (Å²) in [5, 5.41) is 6.10. The summed E-state index contributed by atoms with van der Waals surface area (Å²) in [7, 11) is 0. The highest BCUT2D eigenvalue weighted by atomic mass is 16.1. The quantitative estimate of drug-likeness (QED) is 0.684. The van der Waals surface area contributed by atoms with Gasteiger partial charge in [0, 0.05) is 18.3 Å². The number of hydrogen-bond donors (Lipinski definition) is 2. The smallest absolute Gasteiger partial charge is 0.270 e. The van der Waals surface area contributed by atoms with E-state index in [0.29, 0.717) is 18.1 Å². The lowest BCUT2D eigenvalue weighted by atomic mass is 10.1. The Morgan fingerprint density at radius 3 is 2.46 bits per heavy atom. The van der Waals surface area contributed by atoms with Gasteiger partial charge >= 0.3 is 0 Å². The van der Waals surface area contributed by atoms with Gasteiger partial charge in [0.05, 0.1) is 0 Å². The Morgan fingerprint density at radius 2 is 1.73 bits per heavy atom. The molecule has 0 aliphatic carbocycles. The van der Waals surface area contributed by atoms with Crippen molar-refractivity contribution in [2.75, 3.05) is 11.9 Å². The number of amides is 1. The Kier molecular flexibility index (Phi) is 5.93. The Labute approximate surface area is 153 Å². The molecule has 5 nitrogen and oxygen atoms in total. The van der Waals surface area contributed by atoms with Gasteiger partial charge in [-0.25, -0.2) is 9.97 Å². The van der Waals surface area contributed by atoms with Crippen LogP contribution in [0.2, 0.25) is 0 Å². The Balaban J connectivity index is 1.58. The van der Waals surface area contributed by atoms with Gasteiger partial charge in [0.25, 0.3) is 5.91 Å². The fourth-order valence-electron chi connectivity index (χ4n) is 2.58. The van der Waals surface area contributed by atoms with Gasteiger partial charge in [-0.1, -0.05) is 49.4 Å². The number of benzene rings is 2. The molecule has 3 aromatic rings. The van der Waals surface area contributed by atoms with Crippen molar-refractivity contribution in [3.63, 3.8) is 0 Å². The molecule has 0 saturated carbocycles. The van der Waals surface area contributed by atoms with Crippen LogP contribution < -0.4 is 10.6 Å². The van der Waals surface area contributed by atoms with Crippen molar-refractivity contribution < 1.29 is 4.79 Å². The molecule has 132 valence electrons. The van der Waals surface area contributed by atoms with E-state index in [2.05, 4.69) is 39.7 Å². The number of rotatable bonds is 7. The number of hydrogen-bond acceptors (Lipinski definition) is 4. The molecular weight excluding hydrogens is 324 g/mol. The minimum atomic E-state index is -0.201. The van der Waals surface area contributed by atoms with Gasteiger partial charge in [0.2, 0.25) is 0 Å². The third-order valence-corrected chi connectivity index (χ3v) is 4.08. The van der Waals surface area contributed by atoms with E-state index in [1.807, 2.05) is 42.5 Å². The summed E-state index contributed by atoms with van der Waals surface area (Å²) in [6, 6.07) is 19.9. The first-order valence-corrected chi connectivity index (χ1v) is 8.74. The zero-order chi connectivity index (χ0) is 18.2. The van der Waals surface area contributed by atoms with Crippen LogP contribution >= 0.6 is 0 Å². The van der Waals surface area contributed by atoms with Crippen LogP contribution in [-0.2, 0) is 12.8 Å². The van der Waals surface area contributed by atoms with Crippen molar-refractivity contribution in [2.24, 2.45) is 0 Å². The van der Waals surface area contributed by atoms with Gasteiger partial charge < -0.3 is 10.6 Å². The molecule has 5 heteroatoms. The van der Waals surface area contributed by atoms with Gasteiger partial charge in [-0.3, -0.25) is 4.79 Å². The zero-order valence-electron chi connectivity index (χ0n) is 14.8. The van der Waals surface area contributed by atoms with E-state index in [-0.39, 0.29) is 5.91 Å². The van der Waals surface area contributed by atoms with Gasteiger partial charge in [0.15, 0.2) is 0 Å². The number of anilines is 2. The van der Waals surface area contributed by atoms with Crippen molar-refractivity contribution in [1.82, 2.24) is 15.3 Å². The molecule has 1 heterocycles. The molecule has 0 atom stereocenters. The third-order valence-electron chi connectivity index (χ3n) is 4.08. The monoisotopic (exact) mass is 346 g/mol. The summed E-state index contributed by atoms with van der Waals surface area (Å²) >= 11 is 0. The van der Waals surface area contributed by atoms with Crippen LogP contribution in [0, 0.1) is 0 Å². The minimum Gasteiger partial charge on any atom is -0.350 e. The second-order valence-electron chi connectivity index (χ2n) is 5.96. The maximum Gasteiger partial charge on any atom is 0.270 e. The van der Waals surface area contributed by atoms with Gasteiger partial charge in [-0.05, 0) is 36.1 Å². The van der Waals surface area contributed by atoms with Crippen LogP contribution in [0.4, 0.5) is 11.5 Å². The Morgan fingerprint density at radius 1 is 0.962 bits per heavy atom. The first-order valence-electron chi connectivity index (χ1n) is 8.74. The minimum absolute atomic E-state index is 0.201. The SMILES string of the molecule is CCc1ccc(Nc2cc(C(=O)NCCc3ccccc3)ncn2)cc1. The molecule has 1 amide bonds. The molecule has 0 unspecified atom stereocenters. The molecule has 0 radical (unpaired) electrons. The molecule has 2 aromatic carbocycles. The zero-order valence-corrected chi connectivity index (χ0v) is 14.8. The van der Waals surface area contributed by atoms with E-state index in [1.165, 1.54) is 17.5 Å². The van der Waals surface area contributed by atoms with Crippen molar-refractivity contribution in [2.45, 2.75) is 19.8 Å². The molecule has 2 N–H and O–H groups in total. The number of aryl methyl sites for hydroxylation is 1. The second kappa shape index (κ2) is 8.76. The topological polar surface area (TPSA) is 66.9 Å². The number of carbonyl (C=O) groups excluding carboxylic acids is 1. The molecule has 0 aliphatic rings. The lowest BCUT2D eigenvalue weighted by Gasteiger charge is -2.08. The van der Waals surface area contributed by atoms with E-state index in [4.69, 9.17) is 0 Å². The number of nitrogens with zero attached hydrogens (tertiary/aromatic N) is 2. The molecule has 1 aromatic heterocycles. The normalized spacial score (nSPS) is 10.3. The fraction of sp³-hybridized carbons (Fsp3) is 0.190. The summed E-state index contributed by atoms with van der Waals surface area (Å²) in [6.45, 7) is 2.68. The summed E-state index contributed by atoms with van der Waals surface area (Å²) in [6.07, 6.45) is 3.18. The molecular formula is C21H22N4O. The van der Waals surface area contributed by atoms with Crippen molar-refractivity contribution in [3.05, 3.63) is 83.8 Å². The predicted molar refractivity (Wildman–Crippen MR) is 104 cm³/mol. The summed E-state index contributed by atoms with van der Waals surface area (Å²) < 4.78 is 0. The average Bonchev–Trinajstić information content (AvgIpc) is 2.69. The predicted octanol–water partition coefficient (Wildman–Crippen LogP) is 3.76. The van der Waals surface area contributed by atoms with Crippen LogP contribution in [0.5, 0.6) is 0 Å². The van der Waals surface area contributed by atoms with Crippen LogP contribution in [0.1, 0.15) is 28.5 Å². The van der Waals surface area contributed by atoms with Crippen LogP contribution in [0.3, 0.4) is 0 Å². The largest absolute Gasteiger partial charge is 0.350 e. The number of carbonyl (C=O) groups is 1. The first kappa shape index (κ1) is 17.6. The van der Waals surface area contributed by atoms with Crippen LogP contribution in [0.15, 0.2) is 67.0 Å². The first-order chi connectivity index (χ1) is 12.7. The standard InChI is InChI=1S/C21H22N4O/c1-2-16-8-10-18(11-9-16)25-20-14-19(23-15-24-20)21(26)22-13-12-17-6-4-3-5-7-17/h3-11,14-15H,2,12-13H2,1H3,(H,22,26)(H,23,24,25). The van der Waals surface area contributed by atoms with Crippen LogP contribution in [0.25, 0.3) is 0 Å². The molecule has 0 fully saturated rings. The second-order valence-corrected chi connectivity index (χ2v) is 5.96. The van der Waals surface area contributed by atoms with Crippen molar-refractivity contribution >= 4 is 17.4 Å². The lowest BCUT2D eigenvalue weighted by Crippen LogP contribution is -2.26. The van der Waals surface area contributed by atoms with E-state index < -0.39 is 0 Å². The number of nitrogens with one attached hydrogen (secondary N) is 2. The maximum absolute atomic E-state index is 12.3. The van der Waals surface area contributed by atoms with Crippen LogP contribution in [-0.4, -0.2) is 22.4 Å². The van der Waals surface area contributed by atoms with E-state index in [1.54, 1.807) is 6.07 Å². The van der Waals surface area contributed by atoms with E-state index in [0.717, 1.165) is 18.5 Å². The maximum atomic E-state index is 12.3. The molecule has 0 saturated heterocycles. The highest BCUT2D eigenvalue weighted by Gasteiger charge is 2.08. The van der Waals surface area contributed by atoms with Gasteiger partial charge in [0.1, 0.15) is 17.8 Å². The van der Waals surface area contributed by atoms with E-state index in [9.17, 15) is 4.79 Å². The highest BCUT2D eigenvalue weighted by molar-refractivity contribution is 5.92. The fourth-order valence-corrected chi connectivity index (χ4v) is 2.58. The number of aromatic nitrogens is 2. The average molecular weight is 346 g/mol. The summed E-state index contributed by atoms with van der Waals surface area (Å²) in [5.41, 5.74) is 3.74. The molecule has 3 rings (SSSR count). The molecule has 0 aliphatic heterocycles. The summed E-state index contributed by atoms with van der Waals surface area (Å²) in [5.74, 6) is 0.394. The Hall–Kier alpha value is -3.21. The van der Waals surface area contributed by atoms with Gasteiger partial charge in [-0.2, -0.15) is 0 Å². The Bertz CT molecular complexity index is 847.